The molecule has 0 unspecified atom stereocenters. The lowest BCUT2D eigenvalue weighted by atomic mass is 10.0. The number of anilines is 2. The van der Waals surface area contributed by atoms with Gasteiger partial charge in [-0.1, -0.05) is 18.2 Å². The van der Waals surface area contributed by atoms with Crippen molar-refractivity contribution in [2.45, 2.75) is 26.2 Å². The minimum absolute atomic E-state index is 0.0366. The van der Waals surface area contributed by atoms with Gasteiger partial charge in [-0.15, -0.1) is 11.3 Å². The number of ketones is 1. The number of rotatable bonds is 11. The number of ether oxygens (including phenoxy) is 2. The van der Waals surface area contributed by atoms with Crippen molar-refractivity contribution in [2.75, 3.05) is 63.4 Å². The van der Waals surface area contributed by atoms with Crippen LogP contribution >= 0.6 is 11.3 Å². The Bertz CT molecular complexity index is 1130. The zero-order chi connectivity index (χ0) is 24.6. The average Bonchev–Trinajstić information content (AvgIpc) is 3.34. The molecule has 0 amide bonds. The first kappa shape index (κ1) is 25.2. The van der Waals surface area contributed by atoms with Crippen molar-refractivity contribution in [3.05, 3.63) is 52.0 Å². The van der Waals surface area contributed by atoms with Crippen LogP contribution in [0.15, 0.2) is 35.7 Å². The van der Waals surface area contributed by atoms with Gasteiger partial charge in [0.15, 0.2) is 5.78 Å². The molecule has 0 bridgehead atoms. The number of carbonyl (C=O) groups excluding carboxylic acids is 1. The van der Waals surface area contributed by atoms with Gasteiger partial charge in [-0.25, -0.2) is 9.97 Å². The fourth-order valence-electron chi connectivity index (χ4n) is 3.97. The Balaban J connectivity index is 1.44. The highest BCUT2D eigenvalue weighted by atomic mass is 32.1. The second-order valence-corrected chi connectivity index (χ2v) is 9.72. The summed E-state index contributed by atoms with van der Waals surface area (Å²) < 4.78 is 10.7. The number of nitrogens with zero attached hydrogens (tertiary/aromatic N) is 5. The van der Waals surface area contributed by atoms with Crippen LogP contribution in [0.4, 0.5) is 11.8 Å². The largest absolute Gasteiger partial charge is 0.383 e. The van der Waals surface area contributed by atoms with Crippen LogP contribution in [0.2, 0.25) is 0 Å². The number of benzene rings is 1. The number of likely N-dealkylation sites (N-methyl/N-ethyl adjacent to an activating group) is 1. The fraction of sp³-hybridized carbons (Fsp3) is 0.462. The first-order valence-electron chi connectivity index (χ1n) is 12.0. The van der Waals surface area contributed by atoms with Crippen LogP contribution in [-0.4, -0.2) is 74.3 Å². The third-order valence-electron chi connectivity index (χ3n) is 6.01. The second kappa shape index (κ2) is 12.2. The topological polar surface area (TPSA) is 80.7 Å². The van der Waals surface area contributed by atoms with E-state index in [4.69, 9.17) is 14.5 Å². The summed E-state index contributed by atoms with van der Waals surface area (Å²) in [6.45, 7) is 5.98. The van der Waals surface area contributed by atoms with Crippen LogP contribution in [0, 0.1) is 6.92 Å². The predicted octanol–water partition coefficient (Wildman–Crippen LogP) is 4.03. The molecule has 4 rings (SSSR count). The van der Waals surface area contributed by atoms with E-state index in [1.54, 1.807) is 24.5 Å². The third kappa shape index (κ3) is 6.84. The number of hydrogen-bond acceptors (Lipinski definition) is 9. The third-order valence-corrected chi connectivity index (χ3v) is 6.79. The molecule has 0 atom stereocenters. The fourth-order valence-corrected chi connectivity index (χ4v) is 4.59. The molecule has 35 heavy (non-hydrogen) atoms. The van der Waals surface area contributed by atoms with E-state index in [1.165, 1.54) is 5.56 Å². The Hall–Kier alpha value is -2.88. The average molecular weight is 496 g/mol. The highest BCUT2D eigenvalue weighted by molar-refractivity contribution is 7.09. The molecule has 0 aliphatic carbocycles. The number of morpholine rings is 1. The maximum Gasteiger partial charge on any atom is 0.228 e. The molecule has 1 fully saturated rings. The van der Waals surface area contributed by atoms with Crippen LogP contribution in [-0.2, 0) is 15.9 Å². The number of methoxy groups -OCH3 is 1. The van der Waals surface area contributed by atoms with Gasteiger partial charge in [0.05, 0.1) is 30.5 Å². The molecular formula is C26H33N5O3S. The molecule has 1 aliphatic heterocycles. The lowest BCUT2D eigenvalue weighted by molar-refractivity contribution is 0.0975. The Morgan fingerprint density at radius 3 is 2.77 bits per heavy atom. The lowest BCUT2D eigenvalue weighted by Crippen LogP contribution is -2.38. The molecular weight excluding hydrogens is 462 g/mol. The molecule has 3 aromatic rings. The minimum Gasteiger partial charge on any atom is -0.383 e. The zero-order valence-corrected chi connectivity index (χ0v) is 21.5. The SMILES string of the molecule is COCCN(C)c1cc(C(=O)CCCc2cccc(-c3csc(C)n3)c2)nc(N2CCOCC2)n1. The van der Waals surface area contributed by atoms with E-state index in [2.05, 4.69) is 44.5 Å². The zero-order valence-electron chi connectivity index (χ0n) is 20.7. The van der Waals surface area contributed by atoms with E-state index in [0.29, 0.717) is 57.5 Å². The highest BCUT2D eigenvalue weighted by Gasteiger charge is 2.19. The van der Waals surface area contributed by atoms with Gasteiger partial charge in [0.1, 0.15) is 11.5 Å². The normalized spacial score (nSPS) is 13.7. The summed E-state index contributed by atoms with van der Waals surface area (Å²) in [4.78, 5) is 31.2. The molecule has 0 radical (unpaired) electrons. The maximum absolute atomic E-state index is 13.2. The molecule has 2 aromatic heterocycles. The first-order valence-corrected chi connectivity index (χ1v) is 12.9. The van der Waals surface area contributed by atoms with Gasteiger partial charge in [-0.3, -0.25) is 4.79 Å². The van der Waals surface area contributed by atoms with Crippen molar-refractivity contribution in [3.63, 3.8) is 0 Å². The molecule has 186 valence electrons. The van der Waals surface area contributed by atoms with E-state index in [-0.39, 0.29) is 5.78 Å². The lowest BCUT2D eigenvalue weighted by Gasteiger charge is -2.28. The summed E-state index contributed by atoms with van der Waals surface area (Å²) in [6, 6.07) is 10.2. The smallest absolute Gasteiger partial charge is 0.228 e. The summed E-state index contributed by atoms with van der Waals surface area (Å²) in [5.74, 6) is 1.35. The van der Waals surface area contributed by atoms with Crippen molar-refractivity contribution >= 4 is 28.9 Å². The van der Waals surface area contributed by atoms with Crippen LogP contribution in [0.5, 0.6) is 0 Å². The Kier molecular flexibility index (Phi) is 8.79. The van der Waals surface area contributed by atoms with Gasteiger partial charge < -0.3 is 19.3 Å². The van der Waals surface area contributed by atoms with Gasteiger partial charge in [0, 0.05) is 57.2 Å². The monoisotopic (exact) mass is 495 g/mol. The summed E-state index contributed by atoms with van der Waals surface area (Å²) in [5, 5.41) is 3.14. The van der Waals surface area contributed by atoms with E-state index < -0.39 is 0 Å². The Morgan fingerprint density at radius 2 is 2.03 bits per heavy atom. The van der Waals surface area contributed by atoms with Gasteiger partial charge in [0.2, 0.25) is 5.95 Å². The number of thiazole rings is 1. The number of aromatic nitrogens is 3. The molecule has 3 heterocycles. The molecule has 8 nitrogen and oxygen atoms in total. The van der Waals surface area contributed by atoms with Crippen molar-refractivity contribution < 1.29 is 14.3 Å². The number of Topliss-reactive ketones (excluding diaryl/α,β-unsaturated/α-hetero) is 1. The number of carbonyl (C=O) groups is 1. The molecule has 1 saturated heterocycles. The summed E-state index contributed by atoms with van der Waals surface area (Å²) in [6.07, 6.45) is 2.01. The molecule has 0 N–H and O–H groups in total. The van der Waals surface area contributed by atoms with Gasteiger partial charge in [-0.05, 0) is 31.4 Å². The molecule has 1 aromatic carbocycles. The summed E-state index contributed by atoms with van der Waals surface area (Å²) in [7, 11) is 3.63. The first-order chi connectivity index (χ1) is 17.0. The van der Waals surface area contributed by atoms with E-state index in [0.717, 1.165) is 34.9 Å². The number of hydrogen-bond donors (Lipinski definition) is 0. The molecule has 0 spiro atoms. The van der Waals surface area contributed by atoms with Gasteiger partial charge >= 0.3 is 0 Å². The maximum atomic E-state index is 13.2. The Morgan fingerprint density at radius 1 is 1.20 bits per heavy atom. The Labute approximate surface area is 210 Å². The van der Waals surface area contributed by atoms with Crippen molar-refractivity contribution in [1.29, 1.82) is 0 Å². The second-order valence-electron chi connectivity index (χ2n) is 8.65. The summed E-state index contributed by atoms with van der Waals surface area (Å²) >= 11 is 1.65. The van der Waals surface area contributed by atoms with Crippen molar-refractivity contribution in [1.82, 2.24) is 15.0 Å². The standard InChI is InChI=1S/C26H33N5O3S/c1-19-27-23(18-35-19)21-8-4-6-20(16-21)7-5-9-24(32)22-17-25(30(2)10-13-33-3)29-26(28-22)31-11-14-34-15-12-31/h4,6,8,16-18H,5,7,9-15H2,1-3H3. The molecule has 9 heteroatoms. The molecule has 1 aliphatic rings. The quantitative estimate of drug-likeness (QED) is 0.369. The molecule has 0 saturated carbocycles. The number of aryl methyl sites for hydroxylation is 2. The van der Waals surface area contributed by atoms with E-state index >= 15 is 0 Å². The highest BCUT2D eigenvalue weighted by Crippen LogP contribution is 2.24. The van der Waals surface area contributed by atoms with Crippen LogP contribution in [0.3, 0.4) is 0 Å². The van der Waals surface area contributed by atoms with Crippen LogP contribution in [0.1, 0.15) is 33.9 Å². The van der Waals surface area contributed by atoms with Crippen LogP contribution in [0.25, 0.3) is 11.3 Å². The van der Waals surface area contributed by atoms with E-state index in [9.17, 15) is 4.79 Å². The minimum atomic E-state index is 0.0366. The van der Waals surface area contributed by atoms with E-state index in [1.807, 2.05) is 18.9 Å². The van der Waals surface area contributed by atoms with Crippen molar-refractivity contribution in [3.8, 4) is 11.3 Å². The van der Waals surface area contributed by atoms with Gasteiger partial charge in [0.25, 0.3) is 0 Å². The van der Waals surface area contributed by atoms with Gasteiger partial charge in [-0.2, -0.15) is 4.98 Å². The predicted molar refractivity (Wildman–Crippen MR) is 140 cm³/mol. The van der Waals surface area contributed by atoms with Crippen molar-refractivity contribution in [2.24, 2.45) is 0 Å². The summed E-state index contributed by atoms with van der Waals surface area (Å²) in [5.41, 5.74) is 3.80. The van der Waals surface area contributed by atoms with Crippen LogP contribution < -0.4 is 9.80 Å².